The average molecular weight is 352 g/mol. The third kappa shape index (κ3) is 2.81. The Morgan fingerprint density at radius 1 is 1.29 bits per heavy atom. The SMILES string of the molecule is CC(=O)C1=C(O)C(=O)N(c2ccc(Cl)cc2F)C1C1CCCCC1. The topological polar surface area (TPSA) is 57.6 Å². The van der Waals surface area contributed by atoms with Crippen molar-refractivity contribution in [2.75, 3.05) is 4.90 Å². The van der Waals surface area contributed by atoms with Crippen molar-refractivity contribution in [3.8, 4) is 0 Å². The number of amides is 1. The molecule has 1 aliphatic carbocycles. The molecule has 128 valence electrons. The molecule has 0 saturated heterocycles. The van der Waals surface area contributed by atoms with E-state index in [0.29, 0.717) is 0 Å². The lowest BCUT2D eigenvalue weighted by Crippen LogP contribution is -2.43. The molecular formula is C18H19ClFNO3. The number of carbonyl (C=O) groups is 2. The fourth-order valence-corrected chi connectivity index (χ4v) is 3.99. The van der Waals surface area contributed by atoms with Crippen LogP contribution in [0.25, 0.3) is 0 Å². The van der Waals surface area contributed by atoms with Crippen LogP contribution in [0.2, 0.25) is 5.02 Å². The molecule has 1 amide bonds. The highest BCUT2D eigenvalue weighted by molar-refractivity contribution is 6.30. The second-order valence-electron chi connectivity index (χ2n) is 6.43. The summed E-state index contributed by atoms with van der Waals surface area (Å²) in [4.78, 5) is 25.9. The monoisotopic (exact) mass is 351 g/mol. The molecule has 0 spiro atoms. The molecule has 1 heterocycles. The van der Waals surface area contributed by atoms with Gasteiger partial charge in [-0.25, -0.2) is 4.39 Å². The Morgan fingerprint density at radius 2 is 1.96 bits per heavy atom. The summed E-state index contributed by atoms with van der Waals surface area (Å²) in [6.45, 7) is 1.33. The number of benzene rings is 1. The van der Waals surface area contributed by atoms with Gasteiger partial charge in [0.2, 0.25) is 0 Å². The van der Waals surface area contributed by atoms with Crippen LogP contribution in [-0.2, 0) is 9.59 Å². The Labute approximate surface area is 144 Å². The molecule has 3 rings (SSSR count). The highest BCUT2D eigenvalue weighted by atomic mass is 35.5. The molecule has 0 bridgehead atoms. The number of halogens is 2. The second kappa shape index (κ2) is 6.55. The summed E-state index contributed by atoms with van der Waals surface area (Å²) in [5.74, 6) is -2.26. The van der Waals surface area contributed by atoms with Crippen LogP contribution in [0.15, 0.2) is 29.5 Å². The first kappa shape index (κ1) is 17.0. The minimum Gasteiger partial charge on any atom is -0.503 e. The second-order valence-corrected chi connectivity index (χ2v) is 6.87. The number of rotatable bonds is 3. The van der Waals surface area contributed by atoms with Crippen LogP contribution in [0.3, 0.4) is 0 Å². The zero-order valence-corrected chi connectivity index (χ0v) is 14.1. The number of ketones is 1. The summed E-state index contributed by atoms with van der Waals surface area (Å²) in [6, 6.07) is 3.42. The van der Waals surface area contributed by atoms with E-state index in [1.165, 1.54) is 24.0 Å². The number of anilines is 1. The molecule has 1 unspecified atom stereocenters. The van der Waals surface area contributed by atoms with Gasteiger partial charge in [0.1, 0.15) is 5.82 Å². The summed E-state index contributed by atoms with van der Waals surface area (Å²) >= 11 is 5.80. The molecule has 1 atom stereocenters. The van der Waals surface area contributed by atoms with Crippen molar-refractivity contribution in [1.29, 1.82) is 0 Å². The van der Waals surface area contributed by atoms with E-state index >= 15 is 0 Å². The van der Waals surface area contributed by atoms with Gasteiger partial charge in [-0.05, 0) is 43.9 Å². The lowest BCUT2D eigenvalue weighted by molar-refractivity contribution is -0.117. The molecule has 1 N–H and O–H groups in total. The van der Waals surface area contributed by atoms with Gasteiger partial charge in [0.05, 0.1) is 17.3 Å². The first-order valence-corrected chi connectivity index (χ1v) is 8.52. The zero-order chi connectivity index (χ0) is 17.4. The highest BCUT2D eigenvalue weighted by Gasteiger charge is 2.46. The van der Waals surface area contributed by atoms with Gasteiger partial charge in [-0.15, -0.1) is 0 Å². The number of hydrogen-bond donors (Lipinski definition) is 1. The van der Waals surface area contributed by atoms with Crippen LogP contribution in [-0.4, -0.2) is 22.8 Å². The summed E-state index contributed by atoms with van der Waals surface area (Å²) in [5.41, 5.74) is 0.143. The Balaban J connectivity index is 2.09. The van der Waals surface area contributed by atoms with Crippen LogP contribution in [0.1, 0.15) is 39.0 Å². The molecule has 1 aromatic carbocycles. The van der Waals surface area contributed by atoms with E-state index in [4.69, 9.17) is 11.6 Å². The van der Waals surface area contributed by atoms with Gasteiger partial charge in [0.15, 0.2) is 11.5 Å². The van der Waals surface area contributed by atoms with Crippen molar-refractivity contribution in [2.24, 2.45) is 5.92 Å². The van der Waals surface area contributed by atoms with E-state index in [-0.39, 0.29) is 28.0 Å². The molecule has 0 aromatic heterocycles. The number of carbonyl (C=O) groups excluding carboxylic acids is 2. The quantitative estimate of drug-likeness (QED) is 0.888. The molecule has 6 heteroatoms. The molecule has 1 saturated carbocycles. The van der Waals surface area contributed by atoms with E-state index in [1.807, 2.05) is 0 Å². The Kier molecular flexibility index (Phi) is 4.63. The van der Waals surface area contributed by atoms with Gasteiger partial charge < -0.3 is 5.11 Å². The lowest BCUT2D eigenvalue weighted by Gasteiger charge is -2.35. The largest absolute Gasteiger partial charge is 0.503 e. The summed E-state index contributed by atoms with van der Waals surface area (Å²) in [6.07, 6.45) is 4.79. The van der Waals surface area contributed by atoms with Crippen molar-refractivity contribution >= 4 is 29.0 Å². The minimum atomic E-state index is -0.725. The molecular weight excluding hydrogens is 333 g/mol. The van der Waals surface area contributed by atoms with Crippen molar-refractivity contribution in [2.45, 2.75) is 45.1 Å². The third-order valence-corrected chi connectivity index (χ3v) is 5.13. The summed E-state index contributed by atoms with van der Waals surface area (Å²) < 4.78 is 14.4. The van der Waals surface area contributed by atoms with Crippen LogP contribution < -0.4 is 4.90 Å². The van der Waals surface area contributed by atoms with Gasteiger partial charge in [-0.3, -0.25) is 14.5 Å². The maximum Gasteiger partial charge on any atom is 0.294 e. The van der Waals surface area contributed by atoms with Crippen molar-refractivity contribution < 1.29 is 19.1 Å². The first-order valence-electron chi connectivity index (χ1n) is 8.14. The zero-order valence-electron chi connectivity index (χ0n) is 13.4. The number of aliphatic hydroxyl groups is 1. The van der Waals surface area contributed by atoms with Gasteiger partial charge >= 0.3 is 0 Å². The predicted octanol–water partition coefficient (Wildman–Crippen LogP) is 4.18. The molecule has 24 heavy (non-hydrogen) atoms. The minimum absolute atomic E-state index is 0.0290. The van der Waals surface area contributed by atoms with Gasteiger partial charge in [-0.2, -0.15) is 0 Å². The Morgan fingerprint density at radius 3 is 2.54 bits per heavy atom. The van der Waals surface area contributed by atoms with Crippen LogP contribution in [0, 0.1) is 11.7 Å². The maximum atomic E-state index is 14.4. The van der Waals surface area contributed by atoms with Crippen LogP contribution in [0.4, 0.5) is 10.1 Å². The number of nitrogens with zero attached hydrogens (tertiary/aromatic N) is 1. The smallest absolute Gasteiger partial charge is 0.294 e. The molecule has 1 fully saturated rings. The van der Waals surface area contributed by atoms with E-state index < -0.39 is 23.5 Å². The Hall–Kier alpha value is -1.88. The molecule has 4 nitrogen and oxygen atoms in total. The average Bonchev–Trinajstić information content (AvgIpc) is 2.81. The highest BCUT2D eigenvalue weighted by Crippen LogP contribution is 2.41. The van der Waals surface area contributed by atoms with Crippen LogP contribution in [0.5, 0.6) is 0 Å². The van der Waals surface area contributed by atoms with E-state index in [9.17, 15) is 19.1 Å². The number of Topliss-reactive ketones (excluding diaryl/α,β-unsaturated/α-hetero) is 1. The van der Waals surface area contributed by atoms with Crippen LogP contribution >= 0.6 is 11.6 Å². The first-order chi connectivity index (χ1) is 11.4. The van der Waals surface area contributed by atoms with Gasteiger partial charge in [0.25, 0.3) is 5.91 Å². The fourth-order valence-electron chi connectivity index (χ4n) is 3.83. The predicted molar refractivity (Wildman–Crippen MR) is 89.6 cm³/mol. The van der Waals surface area contributed by atoms with Crippen molar-refractivity contribution in [1.82, 2.24) is 0 Å². The molecule has 1 aliphatic heterocycles. The molecule has 0 radical (unpaired) electrons. The molecule has 1 aromatic rings. The van der Waals surface area contributed by atoms with E-state index in [1.54, 1.807) is 0 Å². The summed E-state index contributed by atoms with van der Waals surface area (Å²) in [7, 11) is 0. The standard InChI is InChI=1S/C18H19ClFNO3/c1-10(22)15-16(11-5-3-2-4-6-11)21(18(24)17(15)23)14-8-7-12(19)9-13(14)20/h7-9,11,16,23H,2-6H2,1H3. The van der Waals surface area contributed by atoms with Crippen molar-refractivity contribution in [3.63, 3.8) is 0 Å². The fraction of sp³-hybridized carbons (Fsp3) is 0.444. The number of hydrogen-bond acceptors (Lipinski definition) is 3. The molecule has 2 aliphatic rings. The summed E-state index contributed by atoms with van der Waals surface area (Å²) in [5, 5.41) is 10.4. The maximum absolute atomic E-state index is 14.4. The lowest BCUT2D eigenvalue weighted by atomic mass is 9.80. The van der Waals surface area contributed by atoms with E-state index in [0.717, 1.165) is 38.2 Å². The normalized spacial score (nSPS) is 22.4. The van der Waals surface area contributed by atoms with Crippen molar-refractivity contribution in [3.05, 3.63) is 40.4 Å². The third-order valence-electron chi connectivity index (χ3n) is 4.90. The van der Waals surface area contributed by atoms with E-state index in [2.05, 4.69) is 0 Å². The van der Waals surface area contributed by atoms with Gasteiger partial charge in [0, 0.05) is 5.02 Å². The van der Waals surface area contributed by atoms with Gasteiger partial charge in [-0.1, -0.05) is 30.9 Å². The Bertz CT molecular complexity index is 725. The number of aliphatic hydroxyl groups excluding tert-OH is 1.